The van der Waals surface area contributed by atoms with Gasteiger partial charge in [0, 0.05) is 34.8 Å². The monoisotopic (exact) mass is 407 g/mol. The van der Waals surface area contributed by atoms with Crippen molar-refractivity contribution in [3.63, 3.8) is 0 Å². The summed E-state index contributed by atoms with van der Waals surface area (Å²) in [5.41, 5.74) is 11.8. The fraction of sp³-hybridized carbons (Fsp3) is 0.160. The van der Waals surface area contributed by atoms with Gasteiger partial charge in [-0.25, -0.2) is 15.0 Å². The van der Waals surface area contributed by atoms with Gasteiger partial charge in [0.2, 0.25) is 0 Å². The van der Waals surface area contributed by atoms with Crippen LogP contribution in [-0.2, 0) is 0 Å². The van der Waals surface area contributed by atoms with Crippen LogP contribution in [-0.4, -0.2) is 30.6 Å². The van der Waals surface area contributed by atoms with Gasteiger partial charge in [0.25, 0.3) is 0 Å². The van der Waals surface area contributed by atoms with Crippen molar-refractivity contribution in [1.82, 2.24) is 19.4 Å². The zero-order valence-corrected chi connectivity index (χ0v) is 16.8. The molecule has 0 bridgehead atoms. The molecule has 0 radical (unpaired) electrons. The summed E-state index contributed by atoms with van der Waals surface area (Å²) in [6.45, 7) is 0. The molecule has 0 spiro atoms. The van der Waals surface area contributed by atoms with Crippen LogP contribution in [0.15, 0.2) is 73.1 Å². The highest BCUT2D eigenvalue weighted by Crippen LogP contribution is 2.39. The highest BCUT2D eigenvalue weighted by molar-refractivity contribution is 5.91. The molecule has 6 nitrogen and oxygen atoms in total. The lowest BCUT2D eigenvalue weighted by Crippen LogP contribution is -2.27. The molecule has 1 aliphatic rings. The number of imidazole rings is 1. The van der Waals surface area contributed by atoms with Gasteiger partial charge in [0.05, 0.1) is 17.3 Å². The molecular formula is C25H21N5O. The van der Waals surface area contributed by atoms with Crippen molar-refractivity contribution in [2.45, 2.75) is 24.9 Å². The van der Waals surface area contributed by atoms with E-state index in [1.807, 2.05) is 34.9 Å². The summed E-state index contributed by atoms with van der Waals surface area (Å²) >= 11 is 0. The summed E-state index contributed by atoms with van der Waals surface area (Å²) in [4.78, 5) is 14.2. The Balaban J connectivity index is 1.51. The Hall–Kier alpha value is -3.77. The number of benzene rings is 2. The fourth-order valence-electron chi connectivity index (χ4n) is 4.41. The molecule has 3 heterocycles. The van der Waals surface area contributed by atoms with Gasteiger partial charge in [0.15, 0.2) is 0 Å². The van der Waals surface area contributed by atoms with Gasteiger partial charge in [-0.05, 0) is 25.0 Å². The first-order valence-electron chi connectivity index (χ1n) is 10.4. The van der Waals surface area contributed by atoms with Crippen LogP contribution in [0.25, 0.3) is 38.9 Å². The number of pyridine rings is 1. The minimum Gasteiger partial charge on any atom is -0.393 e. The molecule has 6 rings (SSSR count). The van der Waals surface area contributed by atoms with Crippen molar-refractivity contribution in [2.24, 2.45) is 0 Å². The molecule has 0 atom stereocenters. The van der Waals surface area contributed by atoms with Crippen LogP contribution >= 0.6 is 0 Å². The molecule has 0 aliphatic heterocycles. The minimum absolute atomic E-state index is 0.223. The van der Waals surface area contributed by atoms with Gasteiger partial charge in [-0.2, -0.15) is 0 Å². The molecule has 0 saturated heterocycles. The average Bonchev–Trinajstić information content (AvgIpc) is 3.17. The van der Waals surface area contributed by atoms with Gasteiger partial charge < -0.3 is 10.8 Å². The smallest absolute Gasteiger partial charge is 0.150 e. The van der Waals surface area contributed by atoms with Crippen LogP contribution in [0.2, 0.25) is 0 Å². The number of aliphatic hydroxyl groups is 1. The minimum atomic E-state index is -0.249. The number of anilines is 1. The Morgan fingerprint density at radius 1 is 0.935 bits per heavy atom. The topological polar surface area (TPSA) is 89.3 Å². The molecule has 5 aromatic rings. The second-order valence-electron chi connectivity index (χ2n) is 8.14. The molecule has 31 heavy (non-hydrogen) atoms. The first kappa shape index (κ1) is 18.0. The summed E-state index contributed by atoms with van der Waals surface area (Å²) in [5, 5.41) is 10.9. The third-order valence-electron chi connectivity index (χ3n) is 6.12. The van der Waals surface area contributed by atoms with Crippen molar-refractivity contribution in [1.29, 1.82) is 0 Å². The second-order valence-corrected chi connectivity index (χ2v) is 8.14. The van der Waals surface area contributed by atoms with Crippen LogP contribution in [0.4, 0.5) is 5.82 Å². The van der Waals surface area contributed by atoms with Gasteiger partial charge in [-0.1, -0.05) is 48.5 Å². The average molecular weight is 407 g/mol. The van der Waals surface area contributed by atoms with Crippen molar-refractivity contribution in [3.8, 4) is 22.5 Å². The maximum Gasteiger partial charge on any atom is 0.150 e. The lowest BCUT2D eigenvalue weighted by atomic mass is 9.82. The molecule has 1 saturated carbocycles. The number of aromatic nitrogens is 4. The molecule has 152 valence electrons. The molecule has 1 aliphatic carbocycles. The molecule has 6 heteroatoms. The van der Waals surface area contributed by atoms with E-state index in [0.717, 1.165) is 57.6 Å². The Labute approximate surface area is 179 Å². The van der Waals surface area contributed by atoms with Crippen molar-refractivity contribution in [3.05, 3.63) is 78.9 Å². The Bertz CT molecular complexity index is 1420. The van der Waals surface area contributed by atoms with E-state index >= 15 is 0 Å². The SMILES string of the molecule is Nc1nccn2c1c(-c1ccc3ccc(-c4ccccc4)nc3c1)nc2[C@H]1C[C@H](O)C1. The van der Waals surface area contributed by atoms with Gasteiger partial charge >= 0.3 is 0 Å². The standard InChI is InChI=1S/C25H21N5O/c26-24-23-22(29-25(18-12-19(31)13-18)30(23)11-10-27-24)17-7-6-16-8-9-20(28-21(16)14-17)15-4-2-1-3-5-15/h1-11,14,18-19,31H,12-13H2,(H2,26,27)/t18-,19-. The second kappa shape index (κ2) is 6.89. The normalized spacial score (nSPS) is 18.4. The number of nitrogens with two attached hydrogens (primary N) is 1. The van der Waals surface area contributed by atoms with E-state index in [1.54, 1.807) is 6.20 Å². The lowest BCUT2D eigenvalue weighted by Gasteiger charge is -2.30. The van der Waals surface area contributed by atoms with E-state index < -0.39 is 0 Å². The van der Waals surface area contributed by atoms with Crippen LogP contribution in [0.5, 0.6) is 0 Å². The van der Waals surface area contributed by atoms with E-state index in [1.165, 1.54) is 0 Å². The zero-order valence-electron chi connectivity index (χ0n) is 16.8. The first-order valence-corrected chi connectivity index (χ1v) is 10.4. The summed E-state index contributed by atoms with van der Waals surface area (Å²) < 4.78 is 2.02. The third kappa shape index (κ3) is 2.95. The number of aliphatic hydroxyl groups excluding tert-OH is 1. The number of hydrogen-bond donors (Lipinski definition) is 2. The van der Waals surface area contributed by atoms with E-state index in [0.29, 0.717) is 5.82 Å². The van der Waals surface area contributed by atoms with Crippen LogP contribution < -0.4 is 5.73 Å². The molecule has 0 unspecified atom stereocenters. The van der Waals surface area contributed by atoms with E-state index in [2.05, 4.69) is 41.4 Å². The third-order valence-corrected chi connectivity index (χ3v) is 6.12. The molecule has 3 aromatic heterocycles. The molecule has 2 aromatic carbocycles. The number of fused-ring (bicyclic) bond motifs is 2. The van der Waals surface area contributed by atoms with Gasteiger partial charge in [-0.15, -0.1) is 0 Å². The Morgan fingerprint density at radius 2 is 1.74 bits per heavy atom. The Kier molecular flexibility index (Phi) is 4.01. The van der Waals surface area contributed by atoms with E-state index in [4.69, 9.17) is 15.7 Å². The highest BCUT2D eigenvalue weighted by atomic mass is 16.3. The molecule has 3 N–H and O–H groups in total. The summed E-state index contributed by atoms with van der Waals surface area (Å²) in [7, 11) is 0. The van der Waals surface area contributed by atoms with Crippen LogP contribution in [0, 0.1) is 0 Å². The summed E-state index contributed by atoms with van der Waals surface area (Å²) in [5.74, 6) is 1.60. The summed E-state index contributed by atoms with van der Waals surface area (Å²) in [6, 6.07) is 20.5. The molecule has 1 fully saturated rings. The quantitative estimate of drug-likeness (QED) is 0.462. The largest absolute Gasteiger partial charge is 0.393 e. The van der Waals surface area contributed by atoms with E-state index in [-0.39, 0.29) is 12.0 Å². The van der Waals surface area contributed by atoms with Crippen LogP contribution in [0.1, 0.15) is 24.6 Å². The first-order chi connectivity index (χ1) is 15.2. The van der Waals surface area contributed by atoms with Gasteiger partial charge in [-0.3, -0.25) is 4.40 Å². The van der Waals surface area contributed by atoms with Crippen molar-refractivity contribution >= 4 is 22.2 Å². The Morgan fingerprint density at radius 3 is 2.55 bits per heavy atom. The maximum absolute atomic E-state index is 9.79. The fourth-order valence-corrected chi connectivity index (χ4v) is 4.41. The number of hydrogen-bond acceptors (Lipinski definition) is 5. The maximum atomic E-state index is 9.79. The lowest BCUT2D eigenvalue weighted by molar-refractivity contribution is 0.0715. The number of nitrogens with zero attached hydrogens (tertiary/aromatic N) is 4. The van der Waals surface area contributed by atoms with Gasteiger partial charge in [0.1, 0.15) is 22.9 Å². The van der Waals surface area contributed by atoms with Crippen molar-refractivity contribution in [2.75, 3.05) is 5.73 Å². The number of nitrogen functional groups attached to an aromatic ring is 1. The summed E-state index contributed by atoms with van der Waals surface area (Å²) in [6.07, 6.45) is 4.79. The predicted molar refractivity (Wildman–Crippen MR) is 122 cm³/mol. The number of rotatable bonds is 3. The highest BCUT2D eigenvalue weighted by Gasteiger charge is 2.33. The predicted octanol–water partition coefficient (Wildman–Crippen LogP) is 4.43. The molecular weight excluding hydrogens is 386 g/mol. The molecule has 0 amide bonds. The van der Waals surface area contributed by atoms with Crippen molar-refractivity contribution < 1.29 is 5.11 Å². The zero-order chi connectivity index (χ0) is 20.9. The van der Waals surface area contributed by atoms with Crippen LogP contribution in [0.3, 0.4) is 0 Å². The van der Waals surface area contributed by atoms with E-state index in [9.17, 15) is 5.11 Å².